The van der Waals surface area contributed by atoms with Crippen LogP contribution in [0.1, 0.15) is 48.8 Å². The van der Waals surface area contributed by atoms with E-state index in [1.165, 1.54) is 23.8 Å². The quantitative estimate of drug-likeness (QED) is 0.276. The van der Waals surface area contributed by atoms with Crippen LogP contribution in [0.4, 0.5) is 5.95 Å². The first-order valence-corrected chi connectivity index (χ1v) is 14.0. The van der Waals surface area contributed by atoms with Crippen LogP contribution in [0.3, 0.4) is 0 Å². The minimum atomic E-state index is -0.250. The van der Waals surface area contributed by atoms with E-state index < -0.39 is 0 Å². The smallest absolute Gasteiger partial charge is 0.268 e. The highest BCUT2D eigenvalue weighted by molar-refractivity contribution is 7.17. The molecule has 0 aliphatic carbocycles. The Labute approximate surface area is 231 Å². The number of aromatic nitrogens is 3. The van der Waals surface area contributed by atoms with Crippen LogP contribution in [-0.4, -0.2) is 50.4 Å². The summed E-state index contributed by atoms with van der Waals surface area (Å²) in [6.07, 6.45) is 6.17. The first-order valence-electron chi connectivity index (χ1n) is 13.1. The monoisotopic (exact) mass is 546 g/mol. The lowest BCUT2D eigenvalue weighted by Gasteiger charge is -2.24. The van der Waals surface area contributed by atoms with Gasteiger partial charge in [-0.3, -0.25) is 14.9 Å². The summed E-state index contributed by atoms with van der Waals surface area (Å²) >= 11 is 1.33. The third-order valence-electron chi connectivity index (χ3n) is 6.76. The molecule has 4 aromatic rings. The molecular weight excluding hydrogens is 512 g/mol. The number of fused-ring (bicyclic) bond motifs is 1. The molecule has 1 aromatic carbocycles. The molecule has 9 nitrogen and oxygen atoms in total. The van der Waals surface area contributed by atoms with Crippen molar-refractivity contribution in [3.05, 3.63) is 66.0 Å². The zero-order chi connectivity index (χ0) is 27.6. The van der Waals surface area contributed by atoms with E-state index in [9.17, 15) is 9.59 Å². The number of likely N-dealkylation sites (tertiary alicyclic amines) is 1. The average molecular weight is 547 g/mol. The normalized spacial score (nSPS) is 15.7. The van der Waals surface area contributed by atoms with Gasteiger partial charge in [-0.2, -0.15) is 0 Å². The third-order valence-corrected chi connectivity index (χ3v) is 7.85. The highest BCUT2D eigenvalue weighted by atomic mass is 32.1. The topological polar surface area (TPSA) is 105 Å². The number of hydrogen-bond acceptors (Lipinski definition) is 7. The molecule has 0 radical (unpaired) electrons. The van der Waals surface area contributed by atoms with Crippen LogP contribution in [-0.2, 0) is 17.9 Å². The second-order valence-corrected chi connectivity index (χ2v) is 12.1. The van der Waals surface area contributed by atoms with Crippen molar-refractivity contribution in [2.75, 3.05) is 18.4 Å². The van der Waals surface area contributed by atoms with Gasteiger partial charge >= 0.3 is 0 Å². The first kappa shape index (κ1) is 26.8. The van der Waals surface area contributed by atoms with Crippen molar-refractivity contribution in [3.8, 4) is 10.6 Å². The van der Waals surface area contributed by atoms with Crippen LogP contribution >= 0.6 is 11.3 Å². The van der Waals surface area contributed by atoms with Gasteiger partial charge in [0, 0.05) is 26.2 Å². The van der Waals surface area contributed by atoms with Crippen LogP contribution in [0.2, 0.25) is 0 Å². The maximum Gasteiger partial charge on any atom is 0.268 e. The van der Waals surface area contributed by atoms with Gasteiger partial charge in [-0.15, -0.1) is 11.3 Å². The first-order chi connectivity index (χ1) is 18.7. The number of amides is 2. The van der Waals surface area contributed by atoms with Crippen LogP contribution in [0.15, 0.2) is 60.0 Å². The number of carbonyl (C=O) groups excluding carboxylic acids is 2. The van der Waals surface area contributed by atoms with Crippen molar-refractivity contribution in [1.29, 1.82) is 0 Å². The van der Waals surface area contributed by atoms with Crippen molar-refractivity contribution in [2.24, 2.45) is 5.41 Å². The molecule has 0 bridgehead atoms. The molecule has 1 atom stereocenters. The highest BCUT2D eigenvalue weighted by Gasteiger charge is 2.29. The van der Waals surface area contributed by atoms with Crippen LogP contribution in [0, 0.1) is 5.41 Å². The molecule has 204 valence electrons. The van der Waals surface area contributed by atoms with Gasteiger partial charge in [0.1, 0.15) is 0 Å². The number of imidazole rings is 1. The Morgan fingerprint density at radius 2 is 2.10 bits per heavy atom. The molecule has 4 heterocycles. The molecule has 5 rings (SSSR count). The van der Waals surface area contributed by atoms with Crippen LogP contribution in [0.25, 0.3) is 21.7 Å². The molecule has 1 aliphatic heterocycles. The van der Waals surface area contributed by atoms with Gasteiger partial charge in [-0.25, -0.2) is 9.97 Å². The minimum Gasteiger partial charge on any atom is -0.443 e. The number of rotatable bonds is 9. The molecule has 1 saturated heterocycles. The summed E-state index contributed by atoms with van der Waals surface area (Å²) in [6, 6.07) is 9.81. The van der Waals surface area contributed by atoms with E-state index >= 15 is 0 Å². The van der Waals surface area contributed by atoms with E-state index in [1.54, 1.807) is 12.3 Å². The highest BCUT2D eigenvalue weighted by Crippen LogP contribution is 2.30. The Morgan fingerprint density at radius 1 is 1.26 bits per heavy atom. The average Bonchev–Trinajstić information content (AvgIpc) is 3.70. The Hall–Kier alpha value is -3.76. The molecule has 39 heavy (non-hydrogen) atoms. The number of oxazole rings is 1. The largest absolute Gasteiger partial charge is 0.443 e. The fourth-order valence-electron chi connectivity index (χ4n) is 4.88. The van der Waals surface area contributed by atoms with E-state index in [1.807, 2.05) is 21.6 Å². The SMILES string of the molecule is C=CC(=O)N1CCCC1Cn1c(NC(=O)c2ccc(-c3cnco3)s2)nc2cc(CNCC(C)(C)C)ccc21. The lowest BCUT2D eigenvalue weighted by atomic mass is 9.97. The summed E-state index contributed by atoms with van der Waals surface area (Å²) < 4.78 is 7.39. The van der Waals surface area contributed by atoms with Crippen molar-refractivity contribution in [1.82, 2.24) is 24.8 Å². The molecule has 0 spiro atoms. The van der Waals surface area contributed by atoms with Gasteiger partial charge in [-0.1, -0.05) is 33.4 Å². The van der Waals surface area contributed by atoms with Crippen molar-refractivity contribution in [3.63, 3.8) is 0 Å². The maximum absolute atomic E-state index is 13.3. The van der Waals surface area contributed by atoms with E-state index in [2.05, 4.69) is 55.1 Å². The molecule has 1 aliphatic rings. The number of nitrogens with one attached hydrogen (secondary N) is 2. The third kappa shape index (κ3) is 6.12. The Bertz CT molecular complexity index is 1480. The van der Waals surface area contributed by atoms with Gasteiger partial charge in [-0.05, 0) is 54.2 Å². The van der Waals surface area contributed by atoms with Gasteiger partial charge < -0.3 is 19.2 Å². The Kier molecular flexibility index (Phi) is 7.67. The van der Waals surface area contributed by atoms with E-state index in [0.717, 1.165) is 47.4 Å². The number of carbonyl (C=O) groups is 2. The van der Waals surface area contributed by atoms with Crippen molar-refractivity contribution < 1.29 is 14.0 Å². The van der Waals surface area contributed by atoms with Crippen LogP contribution in [0.5, 0.6) is 0 Å². The second kappa shape index (κ2) is 11.2. The van der Waals surface area contributed by atoms with Gasteiger partial charge in [0.15, 0.2) is 12.2 Å². The maximum atomic E-state index is 13.3. The summed E-state index contributed by atoms with van der Waals surface area (Å²) in [7, 11) is 0. The van der Waals surface area contributed by atoms with Gasteiger partial charge in [0.25, 0.3) is 5.91 Å². The summed E-state index contributed by atoms with van der Waals surface area (Å²) in [5.41, 5.74) is 3.02. The van der Waals surface area contributed by atoms with Crippen molar-refractivity contribution >= 4 is 40.1 Å². The van der Waals surface area contributed by atoms with Gasteiger partial charge in [0.2, 0.25) is 11.9 Å². The van der Waals surface area contributed by atoms with E-state index in [4.69, 9.17) is 9.40 Å². The zero-order valence-electron chi connectivity index (χ0n) is 22.6. The standard InChI is InChI=1S/C29H34N6O3S/c1-5-26(36)34-12-6-7-20(34)16-35-22-9-8-19(14-30-17-29(2,3)4)13-21(22)32-28(35)33-27(37)25-11-10-24(39-25)23-15-31-18-38-23/h5,8-11,13,15,18,20,30H,1,6-7,12,14,16-17H2,2-4H3,(H,32,33,37). The molecule has 1 unspecified atom stereocenters. The minimum absolute atomic E-state index is 0.00326. The predicted molar refractivity (Wildman–Crippen MR) is 154 cm³/mol. The number of thiophene rings is 1. The number of benzene rings is 1. The summed E-state index contributed by atoms with van der Waals surface area (Å²) in [4.78, 5) is 37.8. The Balaban J connectivity index is 1.43. The lowest BCUT2D eigenvalue weighted by Crippen LogP contribution is -2.37. The predicted octanol–water partition coefficient (Wildman–Crippen LogP) is 5.32. The summed E-state index contributed by atoms with van der Waals surface area (Å²) in [5.74, 6) is 0.757. The zero-order valence-corrected chi connectivity index (χ0v) is 23.4. The molecule has 2 amide bonds. The molecule has 3 aromatic heterocycles. The number of anilines is 1. The van der Waals surface area contributed by atoms with Crippen molar-refractivity contribution in [2.45, 2.75) is 52.7 Å². The fraction of sp³-hybridized carbons (Fsp3) is 0.379. The molecule has 2 N–H and O–H groups in total. The summed E-state index contributed by atoms with van der Waals surface area (Å²) in [5, 5.41) is 6.54. The van der Waals surface area contributed by atoms with E-state index in [0.29, 0.717) is 29.7 Å². The second-order valence-electron chi connectivity index (χ2n) is 11.0. The Morgan fingerprint density at radius 3 is 2.85 bits per heavy atom. The summed E-state index contributed by atoms with van der Waals surface area (Å²) in [6.45, 7) is 13.1. The van der Waals surface area contributed by atoms with Gasteiger partial charge in [0.05, 0.1) is 33.0 Å². The molecule has 10 heteroatoms. The molecule has 1 fully saturated rings. The molecular formula is C29H34N6O3S. The van der Waals surface area contributed by atoms with Crippen LogP contribution < -0.4 is 10.6 Å². The number of nitrogens with zero attached hydrogens (tertiary/aromatic N) is 4. The van der Waals surface area contributed by atoms with E-state index in [-0.39, 0.29) is 23.3 Å². The fourth-order valence-corrected chi connectivity index (χ4v) is 5.74. The number of hydrogen-bond donors (Lipinski definition) is 2. The molecule has 0 saturated carbocycles. The lowest BCUT2D eigenvalue weighted by molar-refractivity contribution is -0.126.